The molecule has 1 nitrogen and oxygen atoms in total. The Bertz CT molecular complexity index is 1110. The van der Waals surface area contributed by atoms with Crippen LogP contribution in [0.4, 0.5) is 4.39 Å². The van der Waals surface area contributed by atoms with Gasteiger partial charge in [-0.1, -0.05) is 66.7 Å². The Labute approximate surface area is 145 Å². The lowest BCUT2D eigenvalue weighted by atomic mass is 9.94. The van der Waals surface area contributed by atoms with E-state index in [1.165, 1.54) is 6.07 Å². The topological polar surface area (TPSA) is 23.8 Å². The van der Waals surface area contributed by atoms with Gasteiger partial charge >= 0.3 is 0 Å². The molecule has 0 aliphatic carbocycles. The number of fused-ring (bicyclic) bond motifs is 2. The molecule has 0 saturated heterocycles. The molecule has 118 valence electrons. The van der Waals surface area contributed by atoms with Crippen molar-refractivity contribution in [1.82, 2.24) is 0 Å². The van der Waals surface area contributed by atoms with E-state index >= 15 is 0 Å². The zero-order valence-corrected chi connectivity index (χ0v) is 13.4. The Morgan fingerprint density at radius 2 is 1.36 bits per heavy atom. The largest absolute Gasteiger partial charge is 0.206 e. The molecule has 25 heavy (non-hydrogen) atoms. The third-order valence-electron chi connectivity index (χ3n) is 4.39. The van der Waals surface area contributed by atoms with Gasteiger partial charge in [0.1, 0.15) is 5.82 Å². The van der Waals surface area contributed by atoms with Crippen LogP contribution in [0.5, 0.6) is 0 Å². The smallest absolute Gasteiger partial charge is 0.131 e. The third-order valence-corrected chi connectivity index (χ3v) is 4.39. The van der Waals surface area contributed by atoms with Crippen LogP contribution in [0.2, 0.25) is 0 Å². The fourth-order valence-corrected chi connectivity index (χ4v) is 3.20. The standard InChI is InChI=1S/C23H14FN/c24-23-12-6-5-11-21(23)18(15-25)14-22-19-9-3-1-7-16(19)13-17-8-2-4-10-20(17)22/h1-14H/b18-14-. The van der Waals surface area contributed by atoms with E-state index in [1.54, 1.807) is 24.3 Å². The lowest BCUT2D eigenvalue weighted by Crippen LogP contribution is -1.89. The molecule has 0 aromatic heterocycles. The highest BCUT2D eigenvalue weighted by Crippen LogP contribution is 2.32. The van der Waals surface area contributed by atoms with Crippen molar-refractivity contribution in [2.24, 2.45) is 0 Å². The second-order valence-corrected chi connectivity index (χ2v) is 5.88. The van der Waals surface area contributed by atoms with Crippen LogP contribution >= 0.6 is 0 Å². The van der Waals surface area contributed by atoms with E-state index in [1.807, 2.05) is 48.5 Å². The van der Waals surface area contributed by atoms with E-state index in [-0.39, 0.29) is 5.82 Å². The van der Waals surface area contributed by atoms with Gasteiger partial charge in [-0.25, -0.2) is 4.39 Å². The maximum Gasteiger partial charge on any atom is 0.131 e. The van der Waals surface area contributed by atoms with Crippen LogP contribution in [-0.4, -0.2) is 0 Å². The van der Waals surface area contributed by atoms with Crippen molar-refractivity contribution in [2.75, 3.05) is 0 Å². The van der Waals surface area contributed by atoms with E-state index in [0.29, 0.717) is 11.1 Å². The van der Waals surface area contributed by atoms with Gasteiger partial charge in [0.2, 0.25) is 0 Å². The first-order valence-corrected chi connectivity index (χ1v) is 8.05. The van der Waals surface area contributed by atoms with E-state index in [9.17, 15) is 9.65 Å². The van der Waals surface area contributed by atoms with E-state index < -0.39 is 0 Å². The SMILES string of the molecule is N#C/C(=C/c1c2ccccc2cc2ccccc12)c1ccccc1F. The molecule has 0 heterocycles. The van der Waals surface area contributed by atoms with Crippen LogP contribution < -0.4 is 0 Å². The van der Waals surface area contributed by atoms with E-state index in [0.717, 1.165) is 27.1 Å². The van der Waals surface area contributed by atoms with Crippen molar-refractivity contribution >= 4 is 33.2 Å². The Morgan fingerprint density at radius 3 is 1.96 bits per heavy atom. The van der Waals surface area contributed by atoms with Crippen molar-refractivity contribution in [3.05, 3.63) is 95.8 Å². The van der Waals surface area contributed by atoms with Gasteiger partial charge < -0.3 is 0 Å². The molecule has 0 amide bonds. The summed E-state index contributed by atoms with van der Waals surface area (Å²) in [4.78, 5) is 0. The molecular formula is C23H14FN. The molecule has 0 unspecified atom stereocenters. The Kier molecular flexibility index (Phi) is 3.76. The summed E-state index contributed by atoms with van der Waals surface area (Å²) < 4.78 is 14.2. The highest BCUT2D eigenvalue weighted by atomic mass is 19.1. The molecule has 0 aliphatic heterocycles. The van der Waals surface area contributed by atoms with Gasteiger partial charge in [-0.3, -0.25) is 0 Å². The van der Waals surface area contributed by atoms with E-state index in [4.69, 9.17) is 0 Å². The molecule has 0 atom stereocenters. The van der Waals surface area contributed by atoms with Crippen molar-refractivity contribution in [1.29, 1.82) is 5.26 Å². The predicted octanol–water partition coefficient (Wildman–Crippen LogP) is 6.20. The quantitative estimate of drug-likeness (QED) is 0.245. The normalized spacial score (nSPS) is 11.6. The summed E-state index contributed by atoms with van der Waals surface area (Å²) in [6.45, 7) is 0. The van der Waals surface area contributed by atoms with Gasteiger partial charge in [-0.05, 0) is 45.3 Å². The zero-order valence-electron chi connectivity index (χ0n) is 13.4. The average molecular weight is 323 g/mol. The van der Waals surface area contributed by atoms with Crippen LogP contribution in [0, 0.1) is 17.1 Å². The number of nitriles is 1. The van der Waals surface area contributed by atoms with Crippen LogP contribution in [-0.2, 0) is 0 Å². The van der Waals surface area contributed by atoms with Gasteiger partial charge in [0.15, 0.2) is 0 Å². The fraction of sp³-hybridized carbons (Fsp3) is 0. The van der Waals surface area contributed by atoms with E-state index in [2.05, 4.69) is 12.1 Å². The first-order valence-electron chi connectivity index (χ1n) is 8.05. The van der Waals surface area contributed by atoms with Crippen molar-refractivity contribution in [3.8, 4) is 6.07 Å². The summed E-state index contributed by atoms with van der Waals surface area (Å²) in [6.07, 6.45) is 1.79. The van der Waals surface area contributed by atoms with Crippen molar-refractivity contribution in [3.63, 3.8) is 0 Å². The Morgan fingerprint density at radius 1 is 0.800 bits per heavy atom. The second-order valence-electron chi connectivity index (χ2n) is 5.88. The Balaban J connectivity index is 2.08. The molecule has 0 radical (unpaired) electrons. The number of hydrogen-bond acceptors (Lipinski definition) is 1. The lowest BCUT2D eigenvalue weighted by molar-refractivity contribution is 0.624. The predicted molar refractivity (Wildman–Crippen MR) is 101 cm³/mol. The number of hydrogen-bond donors (Lipinski definition) is 0. The highest BCUT2D eigenvalue weighted by Gasteiger charge is 2.10. The first-order chi connectivity index (χ1) is 12.3. The minimum absolute atomic E-state index is 0.319. The van der Waals surface area contributed by atoms with Crippen LogP contribution in [0.1, 0.15) is 11.1 Å². The number of allylic oxidation sites excluding steroid dienone is 1. The summed E-state index contributed by atoms with van der Waals surface area (Å²) in [5.41, 5.74) is 1.58. The van der Waals surface area contributed by atoms with Crippen molar-refractivity contribution in [2.45, 2.75) is 0 Å². The maximum atomic E-state index is 14.2. The summed E-state index contributed by atoms with van der Waals surface area (Å²) >= 11 is 0. The highest BCUT2D eigenvalue weighted by molar-refractivity contribution is 6.10. The second kappa shape index (κ2) is 6.22. The van der Waals surface area contributed by atoms with Crippen LogP contribution in [0.25, 0.3) is 33.2 Å². The molecule has 0 saturated carbocycles. The summed E-state index contributed by atoms with van der Waals surface area (Å²) in [6, 6.07) is 26.8. The minimum Gasteiger partial charge on any atom is -0.206 e. The van der Waals surface area contributed by atoms with Crippen LogP contribution in [0.3, 0.4) is 0 Å². The number of nitrogens with zero attached hydrogens (tertiary/aromatic N) is 1. The van der Waals surface area contributed by atoms with Gasteiger partial charge in [0.05, 0.1) is 11.6 Å². The third kappa shape index (κ3) is 2.66. The molecule has 0 N–H and O–H groups in total. The Hall–Kier alpha value is -3.44. The zero-order chi connectivity index (χ0) is 17.2. The molecule has 0 aliphatic rings. The number of rotatable bonds is 2. The molecule has 4 aromatic rings. The first kappa shape index (κ1) is 15.1. The minimum atomic E-state index is -0.389. The summed E-state index contributed by atoms with van der Waals surface area (Å²) in [5, 5.41) is 13.9. The number of halogens is 1. The monoisotopic (exact) mass is 323 g/mol. The molecule has 4 aromatic carbocycles. The lowest BCUT2D eigenvalue weighted by Gasteiger charge is -2.09. The summed E-state index contributed by atoms with van der Waals surface area (Å²) in [7, 11) is 0. The average Bonchev–Trinajstić information content (AvgIpc) is 2.66. The molecule has 0 spiro atoms. The van der Waals surface area contributed by atoms with Crippen molar-refractivity contribution < 1.29 is 4.39 Å². The van der Waals surface area contributed by atoms with Gasteiger partial charge in [-0.15, -0.1) is 0 Å². The van der Waals surface area contributed by atoms with Gasteiger partial charge in [-0.2, -0.15) is 5.26 Å². The number of benzene rings is 4. The summed E-state index contributed by atoms with van der Waals surface area (Å²) in [5.74, 6) is -0.389. The maximum absolute atomic E-state index is 14.2. The van der Waals surface area contributed by atoms with Gasteiger partial charge in [0.25, 0.3) is 0 Å². The molecule has 0 bridgehead atoms. The molecule has 4 rings (SSSR count). The molecular weight excluding hydrogens is 309 g/mol. The van der Waals surface area contributed by atoms with Gasteiger partial charge in [0, 0.05) is 5.56 Å². The molecule has 0 fully saturated rings. The molecule has 2 heteroatoms. The van der Waals surface area contributed by atoms with Crippen LogP contribution in [0.15, 0.2) is 78.9 Å². The fourth-order valence-electron chi connectivity index (χ4n) is 3.20.